The van der Waals surface area contributed by atoms with Gasteiger partial charge in [0, 0.05) is 25.9 Å². The molecule has 0 bridgehead atoms. The highest BCUT2D eigenvalue weighted by atomic mass is 32.2. The van der Waals surface area contributed by atoms with Crippen molar-refractivity contribution >= 4 is 15.7 Å². The molecule has 7 heteroatoms. The van der Waals surface area contributed by atoms with Crippen molar-refractivity contribution in [2.45, 2.75) is 19.1 Å². The molecule has 1 saturated heterocycles. The van der Waals surface area contributed by atoms with Crippen molar-refractivity contribution in [3.8, 4) is 0 Å². The number of likely N-dealkylation sites (tertiary alicyclic amines) is 1. The fourth-order valence-corrected chi connectivity index (χ4v) is 3.33. The second-order valence-electron chi connectivity index (χ2n) is 4.58. The fourth-order valence-electron chi connectivity index (χ4n) is 2.04. The minimum absolute atomic E-state index is 0.129. The van der Waals surface area contributed by atoms with Gasteiger partial charge in [-0.3, -0.25) is 9.48 Å². The number of aromatic nitrogens is 2. The van der Waals surface area contributed by atoms with Gasteiger partial charge in [-0.1, -0.05) is 6.92 Å². The van der Waals surface area contributed by atoms with Crippen LogP contribution < -0.4 is 0 Å². The Morgan fingerprint density at radius 3 is 2.56 bits per heavy atom. The monoisotopic (exact) mass is 271 g/mol. The summed E-state index contributed by atoms with van der Waals surface area (Å²) in [6, 6.07) is 1.71. The first-order valence-electron chi connectivity index (χ1n) is 5.86. The van der Waals surface area contributed by atoms with E-state index in [0.717, 1.165) is 5.69 Å². The van der Waals surface area contributed by atoms with Crippen molar-refractivity contribution in [2.75, 3.05) is 18.8 Å². The molecule has 2 heterocycles. The van der Waals surface area contributed by atoms with Gasteiger partial charge in [0.1, 0.15) is 5.69 Å². The van der Waals surface area contributed by atoms with Gasteiger partial charge >= 0.3 is 0 Å². The number of hydrogen-bond donors (Lipinski definition) is 0. The van der Waals surface area contributed by atoms with Crippen LogP contribution in [0.25, 0.3) is 0 Å². The molecule has 0 N–H and O–H groups in total. The Bertz CT molecular complexity index is 570. The standard InChI is InChI=1S/C11H17N3O3S/c1-4-18(16,17)9-6-14(7-9)11(15)10-5-8(2)12-13(10)3/h5,9H,4,6-7H2,1-3H3. The molecule has 0 aliphatic carbocycles. The minimum Gasteiger partial charge on any atom is -0.335 e. The average Bonchev–Trinajstić information content (AvgIpc) is 2.55. The zero-order valence-electron chi connectivity index (χ0n) is 10.8. The zero-order valence-corrected chi connectivity index (χ0v) is 11.6. The van der Waals surface area contributed by atoms with Crippen LogP contribution in [0.3, 0.4) is 0 Å². The van der Waals surface area contributed by atoms with E-state index in [9.17, 15) is 13.2 Å². The highest BCUT2D eigenvalue weighted by Gasteiger charge is 2.39. The van der Waals surface area contributed by atoms with E-state index in [4.69, 9.17) is 0 Å². The summed E-state index contributed by atoms with van der Waals surface area (Å²) in [5.41, 5.74) is 1.28. The molecule has 1 fully saturated rings. The molecule has 1 aliphatic heterocycles. The van der Waals surface area contributed by atoms with Crippen LogP contribution >= 0.6 is 0 Å². The second kappa shape index (κ2) is 4.38. The lowest BCUT2D eigenvalue weighted by molar-refractivity contribution is 0.0647. The van der Waals surface area contributed by atoms with Gasteiger partial charge in [-0.15, -0.1) is 0 Å². The molecule has 0 aromatic carbocycles. The van der Waals surface area contributed by atoms with Gasteiger partial charge in [0.25, 0.3) is 5.91 Å². The van der Waals surface area contributed by atoms with E-state index in [1.54, 1.807) is 24.9 Å². The predicted octanol–water partition coefficient (Wildman–Crippen LogP) is -0.0124. The number of carbonyl (C=O) groups excluding carboxylic acids is 1. The van der Waals surface area contributed by atoms with E-state index in [1.807, 2.05) is 6.92 Å². The highest BCUT2D eigenvalue weighted by molar-refractivity contribution is 7.92. The summed E-state index contributed by atoms with van der Waals surface area (Å²) in [6.45, 7) is 4.03. The van der Waals surface area contributed by atoms with Crippen LogP contribution in [0.1, 0.15) is 23.1 Å². The van der Waals surface area contributed by atoms with Crippen LogP contribution in [0.15, 0.2) is 6.07 Å². The summed E-state index contributed by atoms with van der Waals surface area (Å²) in [5.74, 6) is -0.0227. The average molecular weight is 271 g/mol. The van der Waals surface area contributed by atoms with Crippen LogP contribution in [-0.4, -0.2) is 53.1 Å². The maximum absolute atomic E-state index is 12.1. The third-order valence-electron chi connectivity index (χ3n) is 3.27. The molecule has 1 amide bonds. The molecule has 0 saturated carbocycles. The zero-order chi connectivity index (χ0) is 13.5. The third-order valence-corrected chi connectivity index (χ3v) is 5.39. The van der Waals surface area contributed by atoms with Crippen LogP contribution in [0.5, 0.6) is 0 Å². The Morgan fingerprint density at radius 2 is 2.11 bits per heavy atom. The Kier molecular flexibility index (Phi) is 3.18. The number of hydrogen-bond acceptors (Lipinski definition) is 4. The van der Waals surface area contributed by atoms with Crippen LogP contribution in [0.4, 0.5) is 0 Å². The summed E-state index contributed by atoms with van der Waals surface area (Å²) in [5, 5.41) is 3.71. The lowest BCUT2D eigenvalue weighted by Gasteiger charge is -2.38. The van der Waals surface area contributed by atoms with E-state index >= 15 is 0 Å². The quantitative estimate of drug-likeness (QED) is 0.775. The molecular weight excluding hydrogens is 254 g/mol. The molecular formula is C11H17N3O3S. The molecule has 18 heavy (non-hydrogen) atoms. The lowest BCUT2D eigenvalue weighted by Crippen LogP contribution is -2.57. The van der Waals surface area contributed by atoms with Crippen LogP contribution in [0.2, 0.25) is 0 Å². The Labute approximate surface area is 106 Å². The molecule has 6 nitrogen and oxygen atoms in total. The van der Waals surface area contributed by atoms with Crippen molar-refractivity contribution in [3.63, 3.8) is 0 Å². The van der Waals surface area contributed by atoms with Crippen molar-refractivity contribution in [1.29, 1.82) is 0 Å². The number of rotatable bonds is 3. The smallest absolute Gasteiger partial charge is 0.272 e. The molecule has 0 radical (unpaired) electrons. The van der Waals surface area contributed by atoms with E-state index in [2.05, 4.69) is 5.10 Å². The predicted molar refractivity (Wildman–Crippen MR) is 67.1 cm³/mol. The van der Waals surface area contributed by atoms with Gasteiger partial charge in [-0.25, -0.2) is 8.42 Å². The van der Waals surface area contributed by atoms with E-state index in [0.29, 0.717) is 18.8 Å². The third kappa shape index (κ3) is 2.14. The summed E-state index contributed by atoms with van der Waals surface area (Å²) >= 11 is 0. The lowest BCUT2D eigenvalue weighted by atomic mass is 10.2. The second-order valence-corrected chi connectivity index (χ2v) is 7.15. The van der Waals surface area contributed by atoms with E-state index in [-0.39, 0.29) is 11.7 Å². The molecule has 100 valence electrons. The van der Waals surface area contributed by atoms with Crippen molar-refractivity contribution in [2.24, 2.45) is 7.05 Å². The Balaban J connectivity index is 2.05. The fraction of sp³-hybridized carbons (Fsp3) is 0.636. The Hall–Kier alpha value is -1.37. The summed E-state index contributed by atoms with van der Waals surface area (Å²) < 4.78 is 24.7. The van der Waals surface area contributed by atoms with Gasteiger partial charge in [0.2, 0.25) is 0 Å². The van der Waals surface area contributed by atoms with E-state index < -0.39 is 15.1 Å². The largest absolute Gasteiger partial charge is 0.335 e. The number of amides is 1. The van der Waals surface area contributed by atoms with E-state index in [1.165, 1.54) is 4.68 Å². The number of aryl methyl sites for hydroxylation is 2. The molecule has 0 spiro atoms. The summed E-state index contributed by atoms with van der Waals surface area (Å²) in [6.07, 6.45) is 0. The van der Waals surface area contributed by atoms with Crippen LogP contribution in [-0.2, 0) is 16.9 Å². The number of carbonyl (C=O) groups is 1. The van der Waals surface area contributed by atoms with Crippen molar-refractivity contribution in [3.05, 3.63) is 17.5 Å². The van der Waals surface area contributed by atoms with Gasteiger partial charge in [-0.2, -0.15) is 5.10 Å². The molecule has 0 atom stereocenters. The number of sulfone groups is 1. The molecule has 0 unspecified atom stereocenters. The van der Waals surface area contributed by atoms with Crippen molar-refractivity contribution < 1.29 is 13.2 Å². The normalized spacial score (nSPS) is 16.7. The van der Waals surface area contributed by atoms with Crippen molar-refractivity contribution in [1.82, 2.24) is 14.7 Å². The topological polar surface area (TPSA) is 72.3 Å². The maximum Gasteiger partial charge on any atom is 0.272 e. The maximum atomic E-state index is 12.1. The van der Waals surface area contributed by atoms with Crippen LogP contribution in [0, 0.1) is 6.92 Å². The van der Waals surface area contributed by atoms with Gasteiger partial charge in [0.15, 0.2) is 9.84 Å². The van der Waals surface area contributed by atoms with Gasteiger partial charge < -0.3 is 4.90 Å². The Morgan fingerprint density at radius 1 is 1.50 bits per heavy atom. The first kappa shape index (κ1) is 13.1. The first-order chi connectivity index (χ1) is 8.35. The SMILES string of the molecule is CCS(=O)(=O)C1CN(C(=O)c2cc(C)nn2C)C1. The number of nitrogens with zero attached hydrogens (tertiary/aromatic N) is 3. The first-order valence-corrected chi connectivity index (χ1v) is 7.58. The van der Waals surface area contributed by atoms with Gasteiger partial charge in [-0.05, 0) is 13.0 Å². The summed E-state index contributed by atoms with van der Waals surface area (Å²) in [4.78, 5) is 13.6. The molecule has 1 aromatic rings. The molecule has 1 aliphatic rings. The minimum atomic E-state index is -3.03. The molecule has 2 rings (SSSR count). The van der Waals surface area contributed by atoms with Gasteiger partial charge in [0.05, 0.1) is 10.9 Å². The summed E-state index contributed by atoms with van der Waals surface area (Å²) in [7, 11) is -1.32. The highest BCUT2D eigenvalue weighted by Crippen LogP contribution is 2.19. The molecule has 1 aromatic heterocycles.